The molecule has 1 amide bonds. The Kier molecular flexibility index (Phi) is 4.35. The fourth-order valence-corrected chi connectivity index (χ4v) is 3.88. The van der Waals surface area contributed by atoms with Gasteiger partial charge in [-0.2, -0.15) is 0 Å². The summed E-state index contributed by atoms with van der Waals surface area (Å²) < 4.78 is 30.7. The number of anilines is 1. The molecule has 3 aromatic carbocycles. The smallest absolute Gasteiger partial charge is 0.235 e. The van der Waals surface area contributed by atoms with Crippen molar-refractivity contribution < 1.29 is 24.8 Å². The molecule has 1 fully saturated rings. The van der Waals surface area contributed by atoms with E-state index < -0.39 is 11.2 Å². The molecule has 1 heterocycles. The Morgan fingerprint density at radius 1 is 1.07 bits per heavy atom. The van der Waals surface area contributed by atoms with Crippen LogP contribution in [-0.4, -0.2) is 19.8 Å². The van der Waals surface area contributed by atoms with Crippen LogP contribution in [-0.2, 0) is 10.2 Å². The van der Waals surface area contributed by atoms with E-state index in [0.717, 1.165) is 16.7 Å². The van der Waals surface area contributed by atoms with Crippen molar-refractivity contribution in [3.63, 3.8) is 0 Å². The lowest BCUT2D eigenvalue weighted by molar-refractivity contribution is -0.118. The number of hydrogen-bond acceptors (Lipinski definition) is 4. The molecule has 1 aliphatic heterocycles. The van der Waals surface area contributed by atoms with Crippen molar-refractivity contribution in [2.24, 2.45) is 0 Å². The Morgan fingerprint density at radius 3 is 2.67 bits per heavy atom. The second-order valence-electron chi connectivity index (χ2n) is 7.50. The number of ether oxygens (including phenoxy) is 3. The molecule has 0 unspecified atom stereocenters. The minimum absolute atomic E-state index is 0. The topological polar surface area (TPSA) is 56.8 Å². The molecule has 154 valence electrons. The minimum Gasteiger partial charge on any atom is -0.496 e. The predicted molar refractivity (Wildman–Crippen MR) is 113 cm³/mol. The Hall–Kier alpha value is -3.54. The first-order chi connectivity index (χ1) is 14.6. The first kappa shape index (κ1) is 18.5. The van der Waals surface area contributed by atoms with Crippen molar-refractivity contribution in [2.75, 3.05) is 19.2 Å². The van der Waals surface area contributed by atoms with Gasteiger partial charge in [-0.25, -0.2) is 4.39 Å². The first-order valence-corrected chi connectivity index (χ1v) is 9.75. The van der Waals surface area contributed by atoms with Crippen molar-refractivity contribution >= 4 is 11.6 Å². The van der Waals surface area contributed by atoms with E-state index in [2.05, 4.69) is 5.32 Å². The zero-order valence-electron chi connectivity index (χ0n) is 16.4. The second kappa shape index (κ2) is 7.06. The van der Waals surface area contributed by atoms with Gasteiger partial charge in [-0.15, -0.1) is 0 Å². The van der Waals surface area contributed by atoms with Crippen molar-refractivity contribution in [3.8, 4) is 28.4 Å². The summed E-state index contributed by atoms with van der Waals surface area (Å²) in [7, 11) is 1.59. The highest BCUT2D eigenvalue weighted by Crippen LogP contribution is 2.51. The Labute approximate surface area is 174 Å². The van der Waals surface area contributed by atoms with Crippen LogP contribution in [0, 0.1) is 5.82 Å². The Morgan fingerprint density at radius 2 is 1.87 bits per heavy atom. The Balaban J connectivity index is 0.00000231. The molecule has 0 atom stereocenters. The molecular weight excluding hydrogens is 385 g/mol. The number of carbonyl (C=O) groups is 1. The van der Waals surface area contributed by atoms with Crippen LogP contribution in [0.1, 0.15) is 19.8 Å². The van der Waals surface area contributed by atoms with Crippen LogP contribution in [0.5, 0.6) is 17.2 Å². The number of nitrogens with one attached hydrogen (secondary N) is 1. The summed E-state index contributed by atoms with van der Waals surface area (Å²) in [5, 5.41) is 2.80. The summed E-state index contributed by atoms with van der Waals surface area (Å²) >= 11 is 0. The highest BCUT2D eigenvalue weighted by atomic mass is 19.1. The molecule has 5 rings (SSSR count). The van der Waals surface area contributed by atoms with Crippen molar-refractivity contribution in [1.29, 1.82) is 0 Å². The summed E-state index contributed by atoms with van der Waals surface area (Å²) in [5.41, 5.74) is 1.92. The minimum atomic E-state index is -0.673. The van der Waals surface area contributed by atoms with Gasteiger partial charge in [-0.3, -0.25) is 4.79 Å². The SMILES string of the molecule is COc1ccccc1-c1ccc(F)c(NC(=O)C2(c3ccc4c(c3)OCO4)CC2)c1.[HH]. The maximum atomic E-state index is 14.5. The molecular formula is C24H22FNO4. The van der Waals surface area contributed by atoms with E-state index in [-0.39, 0.29) is 19.8 Å². The van der Waals surface area contributed by atoms with Gasteiger partial charge in [-0.1, -0.05) is 30.3 Å². The molecule has 3 aromatic rings. The molecule has 1 N–H and O–H groups in total. The highest BCUT2D eigenvalue weighted by molar-refractivity contribution is 6.02. The lowest BCUT2D eigenvalue weighted by Crippen LogP contribution is -2.28. The van der Waals surface area contributed by atoms with Crippen molar-refractivity contribution in [1.82, 2.24) is 0 Å². The van der Waals surface area contributed by atoms with Gasteiger partial charge in [0.25, 0.3) is 0 Å². The normalized spacial score (nSPS) is 15.5. The van der Waals surface area contributed by atoms with Gasteiger partial charge in [0, 0.05) is 6.99 Å². The molecule has 1 aliphatic carbocycles. The summed E-state index contributed by atoms with van der Waals surface area (Å²) in [5.74, 6) is 1.28. The van der Waals surface area contributed by atoms with E-state index in [1.54, 1.807) is 19.2 Å². The zero-order valence-corrected chi connectivity index (χ0v) is 16.4. The van der Waals surface area contributed by atoms with Crippen molar-refractivity contribution in [2.45, 2.75) is 18.3 Å². The second-order valence-corrected chi connectivity index (χ2v) is 7.50. The average molecular weight is 407 g/mol. The molecule has 0 radical (unpaired) electrons. The average Bonchev–Trinajstić information content (AvgIpc) is 3.46. The van der Waals surface area contributed by atoms with Crippen molar-refractivity contribution in [3.05, 3.63) is 72.0 Å². The molecule has 2 aliphatic rings. The van der Waals surface area contributed by atoms with Crippen LogP contribution >= 0.6 is 0 Å². The van der Waals surface area contributed by atoms with Gasteiger partial charge in [0.15, 0.2) is 11.5 Å². The third kappa shape index (κ3) is 3.05. The maximum absolute atomic E-state index is 14.5. The van der Waals surface area contributed by atoms with E-state index in [4.69, 9.17) is 14.2 Å². The highest BCUT2D eigenvalue weighted by Gasteiger charge is 2.51. The number of methoxy groups -OCH3 is 1. The number of para-hydroxylation sites is 1. The molecule has 0 spiro atoms. The summed E-state index contributed by atoms with van der Waals surface area (Å²) in [6.07, 6.45) is 1.40. The largest absolute Gasteiger partial charge is 0.496 e. The van der Waals surface area contributed by atoms with Crippen LogP contribution in [0.3, 0.4) is 0 Å². The number of amides is 1. The predicted octanol–water partition coefficient (Wildman–Crippen LogP) is 5.15. The third-order valence-electron chi connectivity index (χ3n) is 5.74. The molecule has 0 bridgehead atoms. The number of rotatable bonds is 5. The van der Waals surface area contributed by atoms with E-state index in [1.165, 1.54) is 6.07 Å². The molecule has 0 aromatic heterocycles. The monoisotopic (exact) mass is 407 g/mol. The molecule has 6 heteroatoms. The number of carbonyl (C=O) groups excluding carboxylic acids is 1. The fourth-order valence-electron chi connectivity index (χ4n) is 3.88. The van der Waals surface area contributed by atoms with Crippen LogP contribution in [0.2, 0.25) is 0 Å². The van der Waals surface area contributed by atoms with Gasteiger partial charge < -0.3 is 19.5 Å². The van der Waals surface area contributed by atoms with Crippen LogP contribution < -0.4 is 19.5 Å². The molecule has 5 nitrogen and oxygen atoms in total. The zero-order chi connectivity index (χ0) is 20.7. The number of fused-ring (bicyclic) bond motifs is 1. The van der Waals surface area contributed by atoms with Gasteiger partial charge in [-0.05, 0) is 54.3 Å². The lowest BCUT2D eigenvalue weighted by atomic mass is 9.94. The molecule has 30 heavy (non-hydrogen) atoms. The van der Waals surface area contributed by atoms with E-state index >= 15 is 0 Å². The van der Waals surface area contributed by atoms with Crippen LogP contribution in [0.15, 0.2) is 60.7 Å². The molecule has 1 saturated carbocycles. The summed E-state index contributed by atoms with van der Waals surface area (Å²) in [6.45, 7) is 0.179. The number of hydrogen-bond donors (Lipinski definition) is 1. The van der Waals surface area contributed by atoms with E-state index in [9.17, 15) is 9.18 Å². The van der Waals surface area contributed by atoms with Gasteiger partial charge in [0.2, 0.25) is 12.7 Å². The van der Waals surface area contributed by atoms with Gasteiger partial charge >= 0.3 is 0 Å². The Bertz CT molecular complexity index is 1150. The van der Waals surface area contributed by atoms with E-state index in [0.29, 0.717) is 30.1 Å². The van der Waals surface area contributed by atoms with Crippen LogP contribution in [0.25, 0.3) is 11.1 Å². The fraction of sp³-hybridized carbons (Fsp3) is 0.208. The van der Waals surface area contributed by atoms with E-state index in [1.807, 2.05) is 42.5 Å². The van der Waals surface area contributed by atoms with Crippen LogP contribution in [0.4, 0.5) is 10.1 Å². The van der Waals surface area contributed by atoms with Gasteiger partial charge in [0.1, 0.15) is 11.6 Å². The summed E-state index contributed by atoms with van der Waals surface area (Å²) in [6, 6.07) is 17.7. The molecule has 0 saturated heterocycles. The number of halogens is 1. The first-order valence-electron chi connectivity index (χ1n) is 9.75. The quantitative estimate of drug-likeness (QED) is 0.636. The number of benzene rings is 3. The standard InChI is InChI=1S/C24H20FNO4.H2/c1-28-20-5-3-2-4-17(20)15-6-8-18(25)19(12-15)26-23(27)24(10-11-24)16-7-9-21-22(13-16)30-14-29-21;/h2-9,12-13H,10-11,14H2,1H3,(H,26,27);1H. The third-order valence-corrected chi connectivity index (χ3v) is 5.74. The maximum Gasteiger partial charge on any atom is 0.235 e. The summed E-state index contributed by atoms with van der Waals surface area (Å²) in [4.78, 5) is 13.1. The van der Waals surface area contributed by atoms with Gasteiger partial charge in [0.05, 0.1) is 18.2 Å². The lowest BCUT2D eigenvalue weighted by Gasteiger charge is -2.17.